The number of hydrogen-bond acceptors (Lipinski definition) is 4. The Morgan fingerprint density at radius 1 is 1.00 bits per heavy atom. The zero-order valence-corrected chi connectivity index (χ0v) is 12.0. The second-order valence-electron chi connectivity index (χ2n) is 5.37. The lowest BCUT2D eigenvalue weighted by atomic mass is 10.1. The molecule has 0 aliphatic carbocycles. The number of Topliss-reactive ketones (excluding diaryl/α,β-unsaturated/α-hetero) is 1. The molecule has 1 amide bonds. The highest BCUT2D eigenvalue weighted by Crippen LogP contribution is 2.31. The average molecular weight is 289 g/mol. The van der Waals surface area contributed by atoms with Crippen molar-refractivity contribution < 1.29 is 19.1 Å². The van der Waals surface area contributed by atoms with E-state index in [0.29, 0.717) is 30.3 Å². The topological polar surface area (TPSA) is 55.8 Å². The van der Waals surface area contributed by atoms with Crippen LogP contribution < -0.4 is 9.47 Å². The fraction of sp³-hybridized carbons (Fsp3) is 0.500. The van der Waals surface area contributed by atoms with Gasteiger partial charge in [-0.05, 0) is 31.0 Å². The number of fused-ring (bicyclic) bond motifs is 1. The van der Waals surface area contributed by atoms with Gasteiger partial charge in [0.25, 0.3) is 0 Å². The van der Waals surface area contributed by atoms with E-state index in [4.69, 9.17) is 9.47 Å². The summed E-state index contributed by atoms with van der Waals surface area (Å²) >= 11 is 0. The molecule has 0 aromatic heterocycles. The molecule has 0 bridgehead atoms. The molecule has 0 saturated carbocycles. The molecule has 0 radical (unpaired) electrons. The molecule has 3 rings (SSSR count). The molecule has 1 saturated heterocycles. The number of nitrogens with zero attached hydrogens (tertiary/aromatic N) is 1. The van der Waals surface area contributed by atoms with E-state index >= 15 is 0 Å². The van der Waals surface area contributed by atoms with E-state index in [2.05, 4.69) is 0 Å². The summed E-state index contributed by atoms with van der Waals surface area (Å²) in [5, 5.41) is 0. The molecule has 5 heteroatoms. The van der Waals surface area contributed by atoms with E-state index in [9.17, 15) is 9.59 Å². The van der Waals surface area contributed by atoms with E-state index in [0.717, 1.165) is 25.9 Å². The molecule has 0 N–H and O–H groups in total. The first-order chi connectivity index (χ1) is 10.2. The molecule has 0 unspecified atom stereocenters. The Bertz CT molecular complexity index is 549. The number of carbonyl (C=O) groups excluding carboxylic acids is 2. The van der Waals surface area contributed by atoms with Crippen molar-refractivity contribution in [3.8, 4) is 11.5 Å². The summed E-state index contributed by atoms with van der Waals surface area (Å²) in [4.78, 5) is 26.0. The van der Waals surface area contributed by atoms with Crippen LogP contribution in [-0.2, 0) is 4.79 Å². The summed E-state index contributed by atoms with van der Waals surface area (Å²) in [6.07, 6.45) is 2.67. The Morgan fingerprint density at radius 3 is 2.48 bits per heavy atom. The van der Waals surface area contributed by atoms with Crippen molar-refractivity contribution in [2.24, 2.45) is 0 Å². The molecular weight excluding hydrogens is 270 g/mol. The van der Waals surface area contributed by atoms with Gasteiger partial charge in [-0.3, -0.25) is 9.59 Å². The van der Waals surface area contributed by atoms with Gasteiger partial charge in [0.05, 0.1) is 0 Å². The largest absolute Gasteiger partial charge is 0.486 e. The number of ketones is 1. The van der Waals surface area contributed by atoms with Gasteiger partial charge in [0.2, 0.25) is 5.91 Å². The Hall–Kier alpha value is -2.04. The molecule has 2 aliphatic rings. The van der Waals surface area contributed by atoms with Crippen LogP contribution in [0.2, 0.25) is 0 Å². The fourth-order valence-corrected chi connectivity index (χ4v) is 2.71. The minimum atomic E-state index is -0.0282. The number of amides is 1. The van der Waals surface area contributed by atoms with Crippen molar-refractivity contribution in [2.75, 3.05) is 26.3 Å². The summed E-state index contributed by atoms with van der Waals surface area (Å²) in [5.74, 6) is 1.34. The van der Waals surface area contributed by atoms with E-state index in [-0.39, 0.29) is 24.5 Å². The molecule has 21 heavy (non-hydrogen) atoms. The van der Waals surface area contributed by atoms with Crippen LogP contribution in [0.15, 0.2) is 18.2 Å². The predicted octanol–water partition coefficient (Wildman–Crippen LogP) is 2.04. The first kappa shape index (κ1) is 13.9. The summed E-state index contributed by atoms with van der Waals surface area (Å²) in [6, 6.07) is 5.19. The van der Waals surface area contributed by atoms with Gasteiger partial charge in [-0.1, -0.05) is 0 Å². The minimum Gasteiger partial charge on any atom is -0.486 e. The van der Waals surface area contributed by atoms with Crippen molar-refractivity contribution in [2.45, 2.75) is 25.7 Å². The minimum absolute atomic E-state index is 0.0282. The Balaban J connectivity index is 1.58. The summed E-state index contributed by atoms with van der Waals surface area (Å²) in [6.45, 7) is 2.69. The smallest absolute Gasteiger partial charge is 0.223 e. The molecule has 1 fully saturated rings. The monoisotopic (exact) mass is 289 g/mol. The fourth-order valence-electron chi connectivity index (χ4n) is 2.71. The van der Waals surface area contributed by atoms with Gasteiger partial charge in [0, 0.05) is 31.5 Å². The maximum absolute atomic E-state index is 12.2. The van der Waals surface area contributed by atoms with Crippen LogP contribution >= 0.6 is 0 Å². The van der Waals surface area contributed by atoms with Gasteiger partial charge in [-0.15, -0.1) is 0 Å². The summed E-state index contributed by atoms with van der Waals surface area (Å²) in [5.41, 5.74) is 0.577. The summed E-state index contributed by atoms with van der Waals surface area (Å²) in [7, 11) is 0. The SMILES string of the molecule is O=C(CCC(=O)N1CCCC1)c1ccc2c(c1)OCCO2. The number of ether oxygens (including phenoxy) is 2. The third-order valence-corrected chi connectivity index (χ3v) is 3.89. The van der Waals surface area contributed by atoms with Gasteiger partial charge >= 0.3 is 0 Å². The van der Waals surface area contributed by atoms with Gasteiger partial charge in [-0.2, -0.15) is 0 Å². The van der Waals surface area contributed by atoms with Crippen LogP contribution in [0.5, 0.6) is 11.5 Å². The standard InChI is InChI=1S/C16H19NO4/c18-13(4-6-16(19)17-7-1-2-8-17)12-3-5-14-15(11-12)21-10-9-20-14/h3,5,11H,1-2,4,6-10H2. The van der Waals surface area contributed by atoms with Crippen LogP contribution in [0, 0.1) is 0 Å². The van der Waals surface area contributed by atoms with Gasteiger partial charge < -0.3 is 14.4 Å². The lowest BCUT2D eigenvalue weighted by Gasteiger charge is -2.18. The first-order valence-corrected chi connectivity index (χ1v) is 7.45. The van der Waals surface area contributed by atoms with Crippen molar-refractivity contribution in [1.82, 2.24) is 4.90 Å². The van der Waals surface area contributed by atoms with E-state index < -0.39 is 0 Å². The maximum atomic E-state index is 12.2. The highest BCUT2D eigenvalue weighted by atomic mass is 16.6. The normalized spacial score (nSPS) is 16.9. The van der Waals surface area contributed by atoms with Crippen LogP contribution in [0.1, 0.15) is 36.0 Å². The number of carbonyl (C=O) groups is 2. The Kier molecular flexibility index (Phi) is 4.08. The predicted molar refractivity (Wildman–Crippen MR) is 76.8 cm³/mol. The zero-order valence-electron chi connectivity index (χ0n) is 12.0. The van der Waals surface area contributed by atoms with Crippen molar-refractivity contribution in [3.05, 3.63) is 23.8 Å². The quantitative estimate of drug-likeness (QED) is 0.796. The molecular formula is C16H19NO4. The van der Waals surface area contributed by atoms with Crippen LogP contribution in [0.4, 0.5) is 0 Å². The van der Waals surface area contributed by atoms with E-state index in [1.165, 1.54) is 0 Å². The molecule has 2 heterocycles. The molecule has 1 aromatic carbocycles. The second kappa shape index (κ2) is 6.16. The highest BCUT2D eigenvalue weighted by Gasteiger charge is 2.20. The molecule has 2 aliphatic heterocycles. The van der Waals surface area contributed by atoms with Gasteiger partial charge in [0.1, 0.15) is 13.2 Å². The number of benzene rings is 1. The summed E-state index contributed by atoms with van der Waals surface area (Å²) < 4.78 is 10.9. The molecule has 112 valence electrons. The zero-order chi connectivity index (χ0) is 14.7. The third kappa shape index (κ3) is 3.17. The second-order valence-corrected chi connectivity index (χ2v) is 5.37. The number of likely N-dealkylation sites (tertiary alicyclic amines) is 1. The Labute approximate surface area is 123 Å². The van der Waals surface area contributed by atoms with Crippen LogP contribution in [0.3, 0.4) is 0 Å². The van der Waals surface area contributed by atoms with E-state index in [1.807, 2.05) is 4.90 Å². The molecule has 0 atom stereocenters. The van der Waals surface area contributed by atoms with Crippen molar-refractivity contribution in [3.63, 3.8) is 0 Å². The van der Waals surface area contributed by atoms with Crippen LogP contribution in [-0.4, -0.2) is 42.9 Å². The van der Waals surface area contributed by atoms with Gasteiger partial charge in [-0.25, -0.2) is 0 Å². The Morgan fingerprint density at radius 2 is 1.71 bits per heavy atom. The van der Waals surface area contributed by atoms with Crippen molar-refractivity contribution >= 4 is 11.7 Å². The molecule has 5 nitrogen and oxygen atoms in total. The van der Waals surface area contributed by atoms with E-state index in [1.54, 1.807) is 18.2 Å². The molecule has 1 aromatic rings. The average Bonchev–Trinajstić information content (AvgIpc) is 3.06. The molecule has 0 spiro atoms. The van der Waals surface area contributed by atoms with Crippen LogP contribution in [0.25, 0.3) is 0 Å². The van der Waals surface area contributed by atoms with Gasteiger partial charge in [0.15, 0.2) is 17.3 Å². The third-order valence-electron chi connectivity index (χ3n) is 3.89. The number of hydrogen-bond donors (Lipinski definition) is 0. The highest BCUT2D eigenvalue weighted by molar-refractivity contribution is 5.98. The first-order valence-electron chi connectivity index (χ1n) is 7.45. The lowest BCUT2D eigenvalue weighted by molar-refractivity contribution is -0.130. The maximum Gasteiger partial charge on any atom is 0.223 e. The number of rotatable bonds is 4. The van der Waals surface area contributed by atoms with Crippen molar-refractivity contribution in [1.29, 1.82) is 0 Å². The lowest BCUT2D eigenvalue weighted by Crippen LogP contribution is -2.27.